The highest BCUT2D eigenvalue weighted by Gasteiger charge is 2.23. The Labute approximate surface area is 133 Å². The molecule has 1 heterocycles. The zero-order chi connectivity index (χ0) is 14.0. The Hall–Kier alpha value is 1.05. The minimum absolute atomic E-state index is 0.621. The third-order valence-electron chi connectivity index (χ3n) is 3.64. The van der Waals surface area contributed by atoms with E-state index in [0.717, 1.165) is 19.1 Å². The van der Waals surface area contributed by atoms with Crippen LogP contribution in [0.5, 0.6) is 0 Å². The Bertz CT molecular complexity index is 217. The van der Waals surface area contributed by atoms with Crippen LogP contribution in [0.1, 0.15) is 70.6 Å². The SMILES string of the molecule is Cl[Si](Cl)(Cl)CCCCCCCCCCCCC1CO1. The smallest absolute Gasteiger partial charge is 0.341 e. The summed E-state index contributed by atoms with van der Waals surface area (Å²) in [7, 11) is 0. The minimum Gasteiger partial charge on any atom is -0.373 e. The molecule has 5 heteroatoms. The summed E-state index contributed by atoms with van der Waals surface area (Å²) in [5, 5.41) is 0. The number of hydrogen-bond donors (Lipinski definition) is 0. The van der Waals surface area contributed by atoms with Crippen LogP contribution in [0.4, 0.5) is 0 Å². The zero-order valence-electron chi connectivity index (χ0n) is 11.8. The molecule has 1 atom stereocenters. The van der Waals surface area contributed by atoms with Crippen LogP contribution in [-0.2, 0) is 4.74 Å². The largest absolute Gasteiger partial charge is 0.373 e. The van der Waals surface area contributed by atoms with Crippen molar-refractivity contribution in [3.63, 3.8) is 0 Å². The van der Waals surface area contributed by atoms with Gasteiger partial charge in [-0.25, -0.2) is 0 Å². The van der Waals surface area contributed by atoms with Crippen molar-refractivity contribution in [1.29, 1.82) is 0 Å². The topological polar surface area (TPSA) is 12.5 Å². The number of epoxide rings is 1. The second kappa shape index (κ2) is 10.7. The molecule has 0 aromatic carbocycles. The summed E-state index contributed by atoms with van der Waals surface area (Å²) in [6, 6.07) is -1.53. The molecule has 114 valence electrons. The van der Waals surface area contributed by atoms with Crippen molar-refractivity contribution in [2.45, 2.75) is 82.8 Å². The van der Waals surface area contributed by atoms with Gasteiger partial charge in [0.25, 0.3) is 0 Å². The number of ether oxygens (including phenoxy) is 1. The molecule has 1 fully saturated rings. The van der Waals surface area contributed by atoms with E-state index in [1.807, 2.05) is 0 Å². The van der Waals surface area contributed by atoms with E-state index < -0.39 is 6.00 Å². The van der Waals surface area contributed by atoms with Crippen LogP contribution in [0.3, 0.4) is 0 Å². The van der Waals surface area contributed by atoms with Gasteiger partial charge in [-0.2, -0.15) is 0 Å². The molecular formula is C14H27Cl3OSi. The Morgan fingerprint density at radius 3 is 1.58 bits per heavy atom. The predicted octanol–water partition coefficient (Wildman–Crippen LogP) is 6.33. The summed E-state index contributed by atoms with van der Waals surface area (Å²) in [4.78, 5) is 0. The molecule has 0 spiro atoms. The highest BCUT2D eigenvalue weighted by molar-refractivity contribution is 7.64. The molecule has 1 saturated heterocycles. The maximum Gasteiger partial charge on any atom is 0.341 e. The molecule has 0 aromatic rings. The van der Waals surface area contributed by atoms with Gasteiger partial charge in [0, 0.05) is 0 Å². The summed E-state index contributed by atoms with van der Waals surface area (Å²) >= 11 is 17.5. The molecule has 0 amide bonds. The average molecular weight is 346 g/mol. The van der Waals surface area contributed by atoms with E-state index in [9.17, 15) is 0 Å². The number of unbranched alkanes of at least 4 members (excludes halogenated alkanes) is 9. The lowest BCUT2D eigenvalue weighted by Gasteiger charge is -2.06. The van der Waals surface area contributed by atoms with Crippen molar-refractivity contribution in [3.8, 4) is 0 Å². The second-order valence-electron chi connectivity index (χ2n) is 5.64. The van der Waals surface area contributed by atoms with E-state index >= 15 is 0 Å². The monoisotopic (exact) mass is 344 g/mol. The first kappa shape index (κ1) is 18.1. The van der Waals surface area contributed by atoms with Crippen molar-refractivity contribution in [2.75, 3.05) is 6.61 Å². The van der Waals surface area contributed by atoms with E-state index in [1.165, 1.54) is 64.2 Å². The maximum atomic E-state index is 5.84. The van der Waals surface area contributed by atoms with Crippen LogP contribution in [0.15, 0.2) is 0 Å². The number of hydrogen-bond acceptors (Lipinski definition) is 1. The molecule has 1 aliphatic heterocycles. The number of halogens is 3. The summed E-state index contributed by atoms with van der Waals surface area (Å²) in [5.74, 6) is 0. The molecule has 1 rings (SSSR count). The molecule has 0 radical (unpaired) electrons. The van der Waals surface area contributed by atoms with Crippen LogP contribution >= 0.6 is 33.2 Å². The average Bonchev–Trinajstić information content (AvgIpc) is 3.13. The van der Waals surface area contributed by atoms with Gasteiger partial charge in [-0.3, -0.25) is 0 Å². The first-order valence-electron chi connectivity index (χ1n) is 7.76. The lowest BCUT2D eigenvalue weighted by Crippen LogP contribution is -2.07. The second-order valence-corrected chi connectivity index (χ2v) is 14.9. The number of rotatable bonds is 13. The molecule has 1 unspecified atom stereocenters. The van der Waals surface area contributed by atoms with Gasteiger partial charge in [0.15, 0.2) is 0 Å². The van der Waals surface area contributed by atoms with Crippen LogP contribution in [0, 0.1) is 0 Å². The van der Waals surface area contributed by atoms with Crippen molar-refractivity contribution < 1.29 is 4.74 Å². The highest BCUT2D eigenvalue weighted by atomic mass is 35.8. The van der Waals surface area contributed by atoms with Crippen LogP contribution in [-0.4, -0.2) is 18.7 Å². The van der Waals surface area contributed by atoms with Crippen LogP contribution in [0.25, 0.3) is 0 Å². The minimum atomic E-state index is -2.35. The van der Waals surface area contributed by atoms with Crippen molar-refractivity contribution in [3.05, 3.63) is 0 Å². The lowest BCUT2D eigenvalue weighted by atomic mass is 10.1. The van der Waals surface area contributed by atoms with E-state index in [4.69, 9.17) is 38.0 Å². The van der Waals surface area contributed by atoms with Gasteiger partial charge < -0.3 is 4.74 Å². The molecule has 0 saturated carbocycles. The Balaban J connectivity index is 1.66. The summed E-state index contributed by atoms with van der Waals surface area (Å²) < 4.78 is 5.20. The fraction of sp³-hybridized carbons (Fsp3) is 1.00. The summed E-state index contributed by atoms with van der Waals surface area (Å²) in [6.45, 7) is 1.01. The van der Waals surface area contributed by atoms with E-state index in [2.05, 4.69) is 0 Å². The van der Waals surface area contributed by atoms with Gasteiger partial charge in [0.2, 0.25) is 0 Å². The molecule has 19 heavy (non-hydrogen) atoms. The van der Waals surface area contributed by atoms with Gasteiger partial charge in [-0.05, 0) is 12.5 Å². The van der Waals surface area contributed by atoms with Gasteiger partial charge in [0.1, 0.15) is 0 Å². The van der Waals surface area contributed by atoms with Gasteiger partial charge in [0.05, 0.1) is 12.7 Å². The van der Waals surface area contributed by atoms with E-state index in [0.29, 0.717) is 6.10 Å². The normalized spacial score (nSPS) is 18.8. The molecule has 0 aliphatic carbocycles. The Morgan fingerprint density at radius 2 is 1.16 bits per heavy atom. The van der Waals surface area contributed by atoms with Crippen molar-refractivity contribution in [2.24, 2.45) is 0 Å². The maximum absolute atomic E-state index is 5.84. The molecule has 0 bridgehead atoms. The summed E-state index contributed by atoms with van der Waals surface area (Å²) in [5.41, 5.74) is 0. The van der Waals surface area contributed by atoms with Gasteiger partial charge in [-0.15, -0.1) is 33.2 Å². The fourth-order valence-electron chi connectivity index (χ4n) is 2.35. The Kier molecular flexibility index (Phi) is 10.2. The molecular weight excluding hydrogens is 319 g/mol. The van der Waals surface area contributed by atoms with Crippen molar-refractivity contribution >= 4 is 39.2 Å². The first-order chi connectivity index (χ1) is 9.08. The summed E-state index contributed by atoms with van der Waals surface area (Å²) in [6.07, 6.45) is 15.1. The zero-order valence-corrected chi connectivity index (χ0v) is 15.1. The molecule has 1 aliphatic rings. The van der Waals surface area contributed by atoms with E-state index in [1.54, 1.807) is 0 Å². The van der Waals surface area contributed by atoms with Crippen LogP contribution < -0.4 is 0 Å². The van der Waals surface area contributed by atoms with Gasteiger partial charge >= 0.3 is 6.00 Å². The first-order valence-corrected chi connectivity index (χ1v) is 13.0. The van der Waals surface area contributed by atoms with E-state index in [-0.39, 0.29) is 0 Å². The highest BCUT2D eigenvalue weighted by Crippen LogP contribution is 2.27. The predicted molar refractivity (Wildman–Crippen MR) is 88.6 cm³/mol. The lowest BCUT2D eigenvalue weighted by molar-refractivity contribution is 0.387. The molecule has 1 nitrogen and oxygen atoms in total. The third-order valence-corrected chi connectivity index (χ3v) is 6.26. The molecule has 0 aromatic heterocycles. The third kappa shape index (κ3) is 13.8. The Morgan fingerprint density at radius 1 is 0.737 bits per heavy atom. The van der Waals surface area contributed by atoms with Crippen molar-refractivity contribution in [1.82, 2.24) is 0 Å². The fourth-order valence-corrected chi connectivity index (χ4v) is 4.20. The standard InChI is InChI=1S/C14H27Cl3OSi/c15-19(16,17)12-10-8-6-4-2-1-3-5-7-9-11-14-13-18-14/h14H,1-13H2. The van der Waals surface area contributed by atoms with Crippen LogP contribution in [0.2, 0.25) is 6.04 Å². The molecule has 0 N–H and O–H groups in total. The quantitative estimate of drug-likeness (QED) is 0.164. The van der Waals surface area contributed by atoms with Gasteiger partial charge in [-0.1, -0.05) is 64.2 Å².